The van der Waals surface area contributed by atoms with Gasteiger partial charge in [0.25, 0.3) is 0 Å². The van der Waals surface area contributed by atoms with Gasteiger partial charge in [0, 0.05) is 12.2 Å². The number of carbonyl (C=O) groups is 1. The van der Waals surface area contributed by atoms with Crippen LogP contribution in [0.4, 0.5) is 0 Å². The highest BCUT2D eigenvalue weighted by Gasteiger charge is 2.57. The Morgan fingerprint density at radius 2 is 1.61 bits per heavy atom. The van der Waals surface area contributed by atoms with Crippen LogP contribution in [0.25, 0.3) is 0 Å². The van der Waals surface area contributed by atoms with Crippen molar-refractivity contribution in [1.82, 2.24) is 0 Å². The summed E-state index contributed by atoms with van der Waals surface area (Å²) in [4.78, 5) is 12.3. The molecule has 1 fully saturated rings. The number of rotatable bonds is 7. The first-order valence-corrected chi connectivity index (χ1v) is 13.5. The molecule has 5 nitrogen and oxygen atoms in total. The van der Waals surface area contributed by atoms with Gasteiger partial charge >= 0.3 is 13.1 Å². The van der Waals surface area contributed by atoms with Gasteiger partial charge in [-0.25, -0.2) is 0 Å². The van der Waals surface area contributed by atoms with Gasteiger partial charge in [-0.15, -0.1) is 0 Å². The van der Waals surface area contributed by atoms with Crippen LogP contribution in [0, 0.1) is 0 Å². The SMILES string of the molecule is CCC(CC(=O)OC(C)(C)C)B1OC(C)(C)C(C)(CO[Si](C)(C)C(C)(C)C)O1. The lowest BCUT2D eigenvalue weighted by Crippen LogP contribution is -2.52. The summed E-state index contributed by atoms with van der Waals surface area (Å²) < 4.78 is 24.7. The van der Waals surface area contributed by atoms with Crippen LogP contribution in [0.3, 0.4) is 0 Å². The van der Waals surface area contributed by atoms with Gasteiger partial charge in [0.05, 0.1) is 17.8 Å². The molecule has 7 heteroatoms. The molecule has 0 bridgehead atoms. The summed E-state index contributed by atoms with van der Waals surface area (Å²) in [6.07, 6.45) is 1.06. The standard InChI is InChI=1S/C21H43BO5Si/c1-13-16(14-17(23)25-18(2,3)4)22-26-20(8,9)21(10,27-22)15-24-28(11,12)19(5,6)7/h16H,13-15H2,1-12H3. The van der Waals surface area contributed by atoms with E-state index in [9.17, 15) is 4.79 Å². The molecule has 0 aromatic carbocycles. The minimum atomic E-state index is -1.90. The average Bonchev–Trinajstić information content (AvgIpc) is 2.70. The Kier molecular flexibility index (Phi) is 7.70. The summed E-state index contributed by atoms with van der Waals surface area (Å²) in [6, 6.07) is 0. The molecule has 1 heterocycles. The molecule has 0 aromatic heterocycles. The number of ether oxygens (including phenoxy) is 1. The van der Waals surface area contributed by atoms with Crippen molar-refractivity contribution in [1.29, 1.82) is 0 Å². The highest BCUT2D eigenvalue weighted by molar-refractivity contribution is 6.74. The second-order valence-corrected chi connectivity index (χ2v) is 16.2. The molecule has 0 radical (unpaired) electrons. The van der Waals surface area contributed by atoms with E-state index in [4.69, 9.17) is 18.5 Å². The first-order valence-electron chi connectivity index (χ1n) is 10.5. The molecule has 1 aliphatic rings. The van der Waals surface area contributed by atoms with E-state index < -0.39 is 32.2 Å². The summed E-state index contributed by atoms with van der Waals surface area (Å²) in [5.41, 5.74) is -1.58. The number of hydrogen-bond acceptors (Lipinski definition) is 5. The lowest BCUT2D eigenvalue weighted by Gasteiger charge is -2.42. The molecule has 1 saturated heterocycles. The third-order valence-electron chi connectivity index (χ3n) is 6.33. The van der Waals surface area contributed by atoms with Gasteiger partial charge in [0.15, 0.2) is 8.32 Å². The van der Waals surface area contributed by atoms with E-state index in [1.54, 1.807) is 0 Å². The molecule has 1 rings (SSSR count). The number of esters is 1. The number of hydrogen-bond donors (Lipinski definition) is 0. The van der Waals surface area contributed by atoms with Gasteiger partial charge in [-0.05, 0) is 59.7 Å². The molecule has 0 aliphatic carbocycles. The second kappa shape index (κ2) is 8.40. The Labute approximate surface area is 174 Å². The third-order valence-corrected chi connectivity index (χ3v) is 10.8. The minimum absolute atomic E-state index is 0.0520. The number of carbonyl (C=O) groups excluding carboxylic acids is 1. The summed E-state index contributed by atoms with van der Waals surface area (Å²) in [7, 11) is -2.35. The largest absolute Gasteiger partial charge is 0.461 e. The topological polar surface area (TPSA) is 54.0 Å². The lowest BCUT2D eigenvalue weighted by atomic mass is 9.68. The molecule has 0 spiro atoms. The van der Waals surface area contributed by atoms with E-state index in [2.05, 4.69) is 47.7 Å². The van der Waals surface area contributed by atoms with Crippen LogP contribution in [0.2, 0.25) is 23.9 Å². The van der Waals surface area contributed by atoms with E-state index in [0.29, 0.717) is 6.61 Å². The van der Waals surface area contributed by atoms with E-state index in [-0.39, 0.29) is 23.2 Å². The molecular weight excluding hydrogens is 371 g/mol. The van der Waals surface area contributed by atoms with Crippen molar-refractivity contribution in [2.75, 3.05) is 6.61 Å². The molecular formula is C21H43BO5Si. The first-order chi connectivity index (χ1) is 12.3. The molecule has 0 aromatic rings. The van der Waals surface area contributed by atoms with Crippen molar-refractivity contribution in [3.63, 3.8) is 0 Å². The van der Waals surface area contributed by atoms with Crippen LogP contribution < -0.4 is 0 Å². The van der Waals surface area contributed by atoms with Crippen molar-refractivity contribution in [3.05, 3.63) is 0 Å². The van der Waals surface area contributed by atoms with E-state index in [1.165, 1.54) is 0 Å². The van der Waals surface area contributed by atoms with Crippen molar-refractivity contribution < 1.29 is 23.3 Å². The van der Waals surface area contributed by atoms with E-state index >= 15 is 0 Å². The summed E-state index contributed by atoms with van der Waals surface area (Å²) in [5.74, 6) is -0.265. The minimum Gasteiger partial charge on any atom is -0.460 e. The summed E-state index contributed by atoms with van der Waals surface area (Å²) >= 11 is 0. The predicted molar refractivity (Wildman–Crippen MR) is 118 cm³/mol. The highest BCUT2D eigenvalue weighted by atomic mass is 28.4. The summed E-state index contributed by atoms with van der Waals surface area (Å²) in [5, 5.41) is 0.134. The molecule has 164 valence electrons. The maximum absolute atomic E-state index is 12.3. The quantitative estimate of drug-likeness (QED) is 0.401. The predicted octanol–water partition coefficient (Wildman–Crippen LogP) is 5.59. The molecule has 2 atom stereocenters. The van der Waals surface area contributed by atoms with Crippen molar-refractivity contribution >= 4 is 21.4 Å². The second-order valence-electron chi connectivity index (χ2n) is 11.4. The molecule has 0 N–H and O–H groups in total. The van der Waals surface area contributed by atoms with Gasteiger partial charge in [-0.2, -0.15) is 0 Å². The smallest absolute Gasteiger partial charge is 0.460 e. The van der Waals surface area contributed by atoms with Crippen LogP contribution in [0.1, 0.15) is 82.1 Å². The lowest BCUT2D eigenvalue weighted by molar-refractivity contribution is -0.155. The molecule has 1 aliphatic heterocycles. The maximum atomic E-state index is 12.3. The Balaban J connectivity index is 2.87. The van der Waals surface area contributed by atoms with Gasteiger partial charge in [0.2, 0.25) is 0 Å². The van der Waals surface area contributed by atoms with Crippen LogP contribution in [0.5, 0.6) is 0 Å². The average molecular weight is 414 g/mol. The monoisotopic (exact) mass is 414 g/mol. The van der Waals surface area contributed by atoms with Gasteiger partial charge in [0.1, 0.15) is 5.60 Å². The fourth-order valence-electron chi connectivity index (χ4n) is 2.80. The van der Waals surface area contributed by atoms with E-state index in [1.807, 2.05) is 34.6 Å². The third kappa shape index (κ3) is 6.31. The molecule has 0 saturated carbocycles. The van der Waals surface area contributed by atoms with Crippen molar-refractivity contribution in [2.45, 2.75) is 123 Å². The van der Waals surface area contributed by atoms with Crippen molar-refractivity contribution in [3.8, 4) is 0 Å². The van der Waals surface area contributed by atoms with Crippen molar-refractivity contribution in [2.24, 2.45) is 0 Å². The van der Waals surface area contributed by atoms with Gasteiger partial charge in [-0.1, -0.05) is 34.1 Å². The van der Waals surface area contributed by atoms with E-state index in [0.717, 1.165) is 6.42 Å². The zero-order chi connectivity index (χ0) is 22.2. The molecule has 28 heavy (non-hydrogen) atoms. The Morgan fingerprint density at radius 1 is 1.07 bits per heavy atom. The molecule has 2 unspecified atom stereocenters. The first kappa shape index (κ1) is 25.7. The fraction of sp³-hybridized carbons (Fsp3) is 0.952. The highest BCUT2D eigenvalue weighted by Crippen LogP contribution is 2.44. The Bertz CT molecular complexity index is 550. The van der Waals surface area contributed by atoms with Crippen LogP contribution >= 0.6 is 0 Å². The summed E-state index contributed by atoms with van der Waals surface area (Å²) in [6.45, 7) is 25.5. The van der Waals surface area contributed by atoms with Crippen LogP contribution in [0.15, 0.2) is 0 Å². The van der Waals surface area contributed by atoms with Crippen LogP contribution in [-0.4, -0.2) is 44.8 Å². The fourth-order valence-corrected chi connectivity index (χ4v) is 3.87. The molecule has 0 amide bonds. The zero-order valence-corrected chi connectivity index (χ0v) is 21.3. The Hall–Kier alpha value is -0.368. The normalized spacial score (nSPS) is 24.4. The van der Waals surface area contributed by atoms with Gasteiger partial charge in [-0.3, -0.25) is 4.79 Å². The Morgan fingerprint density at radius 3 is 2.04 bits per heavy atom. The maximum Gasteiger partial charge on any atom is 0.461 e. The van der Waals surface area contributed by atoms with Crippen LogP contribution in [-0.2, 0) is 23.3 Å². The van der Waals surface area contributed by atoms with Gasteiger partial charge < -0.3 is 18.5 Å². The zero-order valence-electron chi connectivity index (χ0n) is 20.3.